The molecule has 0 radical (unpaired) electrons. The van der Waals surface area contributed by atoms with Crippen LogP contribution in [0.4, 0.5) is 65.9 Å². The summed E-state index contributed by atoms with van der Waals surface area (Å²) in [5.74, 6) is -46.4. The smallest absolute Gasteiger partial charge is 0.460 e. The summed E-state index contributed by atoms with van der Waals surface area (Å²) in [6, 6.07) is 0. The van der Waals surface area contributed by atoms with Gasteiger partial charge < -0.3 is 5.11 Å². The highest BCUT2D eigenvalue weighted by atomic mass is 32.2. The molecule has 0 aliphatic heterocycles. The molecule has 0 aromatic carbocycles. The van der Waals surface area contributed by atoms with Gasteiger partial charge in [0, 0.05) is 13.4 Å². The number of aliphatic carboxylic acids is 1. The molecule has 0 atom stereocenters. The molecule has 192 valence electrons. The summed E-state index contributed by atoms with van der Waals surface area (Å²) in [7, 11) is -8.38. The summed E-state index contributed by atoms with van der Waals surface area (Å²) in [5.41, 5.74) is 0. The van der Waals surface area contributed by atoms with Crippen molar-refractivity contribution in [3.8, 4) is 0 Å². The third kappa shape index (κ3) is 3.94. The van der Waals surface area contributed by atoms with Crippen LogP contribution in [0, 0.1) is 0 Å². The molecule has 0 fully saturated rings. The normalized spacial score (nSPS) is 19.1. The van der Waals surface area contributed by atoms with Crippen LogP contribution in [0.3, 0.4) is 0 Å². The van der Waals surface area contributed by atoms with E-state index in [9.17, 15) is 79.1 Å². The van der Waals surface area contributed by atoms with Crippen LogP contribution >= 0.6 is 0 Å². The van der Waals surface area contributed by atoms with Gasteiger partial charge in [0.15, 0.2) is 0 Å². The molecule has 0 aromatic heterocycles. The molecular weight excluding hydrogens is 527 g/mol. The van der Waals surface area contributed by atoms with Crippen molar-refractivity contribution in [2.45, 2.75) is 47.9 Å². The quantitative estimate of drug-likeness (QED) is 0.425. The topological polar surface area (TPSA) is 74.7 Å². The highest BCUT2D eigenvalue weighted by Gasteiger charge is 2.94. The van der Waals surface area contributed by atoms with E-state index in [1.165, 1.54) is 0 Å². The maximum atomic E-state index is 14.2. The lowest BCUT2D eigenvalue weighted by molar-refractivity contribution is -0.447. The van der Waals surface area contributed by atoms with Gasteiger partial charge in [0.25, 0.3) is 10.0 Å². The van der Waals surface area contributed by atoms with Gasteiger partial charge in [-0.3, -0.25) is 4.79 Å². The highest BCUT2D eigenvalue weighted by Crippen LogP contribution is 2.63. The molecule has 0 aliphatic rings. The number of carboxylic acid groups (broad SMARTS) is 1. The van der Waals surface area contributed by atoms with Gasteiger partial charge in [-0.25, -0.2) is 8.42 Å². The van der Waals surface area contributed by atoms with Crippen molar-refractivity contribution in [1.82, 2.24) is 4.31 Å². The van der Waals surface area contributed by atoms with Crippen LogP contribution in [0.2, 0.25) is 0 Å². The third-order valence-corrected chi connectivity index (χ3v) is 5.02. The molecule has 0 rings (SSSR count). The molecule has 0 heterocycles. The molecule has 0 aromatic rings. The van der Waals surface area contributed by atoms with Crippen LogP contribution < -0.4 is 0 Å². The predicted octanol–water partition coefficient (Wildman–Crippen LogP) is 4.05. The second-order valence-corrected chi connectivity index (χ2v) is 7.31. The van der Waals surface area contributed by atoms with Crippen molar-refractivity contribution in [1.29, 1.82) is 0 Å². The molecule has 0 spiro atoms. The summed E-state index contributed by atoms with van der Waals surface area (Å²) in [6.45, 7) is -12.7. The first kappa shape index (κ1) is 22.1. The molecule has 1 N–H and O–H groups in total. The van der Waals surface area contributed by atoms with Gasteiger partial charge in [-0.15, -0.1) is 0 Å². The standard InChI is InChI=1S/C11H8F15NO4S/c1-2-27(3-4(28)29)32(30,31)11(25,26)9(20,21)7(16,17)5(12,13)6(14,15)8(18,19)10(22,23)24/h2-3H2,1H3,(H,28,29)/i1D3,2D2. The number of carbonyl (C=O) groups is 1. The van der Waals surface area contributed by atoms with Crippen LogP contribution in [-0.4, -0.2) is 77.9 Å². The number of halogens is 15. The first-order valence-corrected chi connectivity index (χ1v) is 8.07. The van der Waals surface area contributed by atoms with E-state index < -0.39 is 81.2 Å². The van der Waals surface area contributed by atoms with Gasteiger partial charge in [-0.1, -0.05) is 6.85 Å². The molecule has 0 saturated carbocycles. The molecule has 0 bridgehead atoms. The second-order valence-electron chi connectivity index (χ2n) is 5.40. The summed E-state index contributed by atoms with van der Waals surface area (Å²) in [6.07, 6.45) is -7.92. The zero-order chi connectivity index (χ0) is 30.9. The number of hydrogen-bond acceptors (Lipinski definition) is 3. The Hall–Kier alpha value is -1.67. The van der Waals surface area contributed by atoms with E-state index in [4.69, 9.17) is 12.0 Å². The Bertz CT molecular complexity index is 995. The molecular formula is C11H8F15NO4S. The average Bonchev–Trinajstić information content (AvgIpc) is 2.62. The Morgan fingerprint density at radius 1 is 0.781 bits per heavy atom. The van der Waals surface area contributed by atoms with Crippen molar-refractivity contribution < 1.29 is 91.0 Å². The fourth-order valence-electron chi connectivity index (χ4n) is 1.56. The summed E-state index contributed by atoms with van der Waals surface area (Å²) in [4.78, 5) is 10.7. The Balaban J connectivity index is 7.32. The van der Waals surface area contributed by atoms with Crippen molar-refractivity contribution in [3.63, 3.8) is 0 Å². The van der Waals surface area contributed by atoms with Gasteiger partial charge >= 0.3 is 47.0 Å². The van der Waals surface area contributed by atoms with Gasteiger partial charge in [0.2, 0.25) is 0 Å². The first-order valence-electron chi connectivity index (χ1n) is 9.13. The van der Waals surface area contributed by atoms with Crippen molar-refractivity contribution >= 4 is 16.0 Å². The van der Waals surface area contributed by atoms with Crippen molar-refractivity contribution in [2.75, 3.05) is 13.0 Å². The van der Waals surface area contributed by atoms with Crippen LogP contribution in [0.5, 0.6) is 0 Å². The molecule has 32 heavy (non-hydrogen) atoms. The summed E-state index contributed by atoms with van der Waals surface area (Å²) in [5, 5.41) is 0.270. The van der Waals surface area contributed by atoms with E-state index in [2.05, 4.69) is 0 Å². The van der Waals surface area contributed by atoms with Gasteiger partial charge in [0.1, 0.15) is 6.54 Å². The Morgan fingerprint density at radius 3 is 1.44 bits per heavy atom. The number of sulfonamides is 1. The molecule has 0 unspecified atom stereocenters. The number of alkyl halides is 15. The number of rotatable bonds is 10. The van der Waals surface area contributed by atoms with Crippen molar-refractivity contribution in [2.24, 2.45) is 0 Å². The summed E-state index contributed by atoms with van der Waals surface area (Å²) < 4.78 is 254. The number of hydrogen-bond donors (Lipinski definition) is 1. The molecule has 0 amide bonds. The highest BCUT2D eigenvalue weighted by molar-refractivity contribution is 7.90. The van der Waals surface area contributed by atoms with Gasteiger partial charge in [-0.05, 0) is 0 Å². The van der Waals surface area contributed by atoms with E-state index in [1.54, 1.807) is 0 Å². The number of carboxylic acids is 1. The molecule has 5 nitrogen and oxygen atoms in total. The molecule has 21 heteroatoms. The lowest BCUT2D eigenvalue weighted by Crippen LogP contribution is -2.73. The Labute approximate surface area is 173 Å². The van der Waals surface area contributed by atoms with E-state index in [1.807, 2.05) is 0 Å². The van der Waals surface area contributed by atoms with Crippen LogP contribution in [0.25, 0.3) is 0 Å². The number of nitrogens with zero attached hydrogens (tertiary/aromatic N) is 1. The van der Waals surface area contributed by atoms with E-state index in [0.717, 1.165) is 0 Å². The second kappa shape index (κ2) is 7.97. The third-order valence-electron chi connectivity index (χ3n) is 3.32. The van der Waals surface area contributed by atoms with Gasteiger partial charge in [0.05, 0.1) is 0 Å². The minimum Gasteiger partial charge on any atom is -0.480 e. The van der Waals surface area contributed by atoms with Crippen LogP contribution in [0.15, 0.2) is 0 Å². The predicted molar refractivity (Wildman–Crippen MR) is 69.5 cm³/mol. The SMILES string of the molecule is [2H]C([2H])([2H])C([2H])([2H])N(CC(=O)O)S(=O)(=O)C(F)(F)C(F)(F)C(F)(F)C(F)(F)C(F)(F)C(F)(F)C(F)(F)F. The Kier molecular flexibility index (Phi) is 5.52. The average molecular weight is 540 g/mol. The first-order chi connectivity index (χ1) is 15.5. The molecule has 0 saturated heterocycles. The number of likely N-dealkylation sites (N-methyl/N-ethyl adjacent to an activating group) is 1. The zero-order valence-corrected chi connectivity index (χ0v) is 14.7. The fourth-order valence-corrected chi connectivity index (χ4v) is 2.69. The fraction of sp³-hybridized carbons (Fsp3) is 0.909. The maximum absolute atomic E-state index is 14.2. The lowest BCUT2D eigenvalue weighted by atomic mass is 9.94. The lowest BCUT2D eigenvalue weighted by Gasteiger charge is -2.41. The van der Waals surface area contributed by atoms with Crippen LogP contribution in [0.1, 0.15) is 13.7 Å². The van der Waals surface area contributed by atoms with Crippen molar-refractivity contribution in [3.05, 3.63) is 0 Å². The van der Waals surface area contributed by atoms with E-state index >= 15 is 0 Å². The van der Waals surface area contributed by atoms with Crippen LogP contribution in [-0.2, 0) is 14.8 Å². The zero-order valence-electron chi connectivity index (χ0n) is 18.9. The summed E-state index contributed by atoms with van der Waals surface area (Å²) >= 11 is 0. The van der Waals surface area contributed by atoms with Gasteiger partial charge in [-0.2, -0.15) is 70.2 Å². The maximum Gasteiger partial charge on any atom is 0.460 e. The minimum atomic E-state index is -8.89. The Morgan fingerprint density at radius 2 is 1.12 bits per heavy atom. The molecule has 0 aliphatic carbocycles. The monoisotopic (exact) mass is 540 g/mol. The van der Waals surface area contributed by atoms with E-state index in [0.29, 0.717) is 0 Å². The van der Waals surface area contributed by atoms with E-state index in [-0.39, 0.29) is 0 Å². The largest absolute Gasteiger partial charge is 0.480 e. The minimum absolute atomic E-state index is 2.31.